The van der Waals surface area contributed by atoms with Gasteiger partial charge in [0.2, 0.25) is 5.91 Å². The van der Waals surface area contributed by atoms with E-state index in [4.69, 9.17) is 17.4 Å². The van der Waals surface area contributed by atoms with E-state index < -0.39 is 0 Å². The molecule has 1 amide bonds. The first-order valence-corrected chi connectivity index (χ1v) is 4.86. The van der Waals surface area contributed by atoms with Gasteiger partial charge in [-0.1, -0.05) is 23.7 Å². The van der Waals surface area contributed by atoms with E-state index in [1.165, 1.54) is 0 Å². The highest BCUT2D eigenvalue weighted by Crippen LogP contribution is 2.47. The van der Waals surface area contributed by atoms with Gasteiger partial charge in [0.1, 0.15) is 0 Å². The second kappa shape index (κ2) is 3.59. The average Bonchev–Trinajstić information content (AvgIpc) is 2.96. The zero-order valence-corrected chi connectivity index (χ0v) is 8.29. The second-order valence-corrected chi connectivity index (χ2v) is 3.95. The molecular weight excluding hydrogens is 200 g/mol. The molecule has 0 spiro atoms. The van der Waals surface area contributed by atoms with Gasteiger partial charge < -0.3 is 0 Å². The summed E-state index contributed by atoms with van der Waals surface area (Å²) in [6.45, 7) is 0. The number of halogens is 1. The van der Waals surface area contributed by atoms with Crippen molar-refractivity contribution < 1.29 is 4.79 Å². The van der Waals surface area contributed by atoms with Gasteiger partial charge in [0.05, 0.1) is 0 Å². The zero-order valence-electron chi connectivity index (χ0n) is 7.53. The first-order chi connectivity index (χ1) is 6.72. The van der Waals surface area contributed by atoms with Crippen LogP contribution in [0.2, 0.25) is 5.02 Å². The summed E-state index contributed by atoms with van der Waals surface area (Å²) in [5, 5.41) is 0.710. The molecule has 4 heteroatoms. The molecular formula is C10H11ClN2O. The summed E-state index contributed by atoms with van der Waals surface area (Å²) in [6, 6.07) is 7.61. The molecule has 14 heavy (non-hydrogen) atoms. The van der Waals surface area contributed by atoms with Crippen LogP contribution in [0.15, 0.2) is 24.3 Å². The van der Waals surface area contributed by atoms with E-state index in [0.29, 0.717) is 5.02 Å². The number of carbonyl (C=O) groups is 1. The molecule has 74 valence electrons. The summed E-state index contributed by atoms with van der Waals surface area (Å²) in [5.41, 5.74) is 3.29. The smallest absolute Gasteiger partial charge is 0.237 e. The molecule has 2 atom stereocenters. The molecule has 0 aromatic heterocycles. The van der Waals surface area contributed by atoms with Gasteiger partial charge in [-0.25, -0.2) is 5.84 Å². The Morgan fingerprint density at radius 3 is 3.00 bits per heavy atom. The molecule has 2 unspecified atom stereocenters. The number of carbonyl (C=O) groups excluding carboxylic acids is 1. The van der Waals surface area contributed by atoms with E-state index in [1.54, 1.807) is 0 Å². The standard InChI is InChI=1S/C10H11ClN2O/c11-7-3-1-2-6(4-7)8-5-9(8)10(14)13-12/h1-4,8-9H,5,12H2,(H,13,14). The van der Waals surface area contributed by atoms with Crippen LogP contribution < -0.4 is 11.3 Å². The maximum absolute atomic E-state index is 11.2. The van der Waals surface area contributed by atoms with Crippen LogP contribution in [0.5, 0.6) is 0 Å². The highest BCUT2D eigenvalue weighted by atomic mass is 35.5. The molecule has 1 aromatic carbocycles. The van der Waals surface area contributed by atoms with Crippen molar-refractivity contribution in [3.63, 3.8) is 0 Å². The summed E-state index contributed by atoms with van der Waals surface area (Å²) in [5.74, 6) is 5.29. The van der Waals surface area contributed by atoms with E-state index in [-0.39, 0.29) is 17.7 Å². The number of hydrogen-bond donors (Lipinski definition) is 2. The summed E-state index contributed by atoms with van der Waals surface area (Å²) < 4.78 is 0. The highest BCUT2D eigenvalue weighted by Gasteiger charge is 2.43. The predicted octanol–water partition coefficient (Wildman–Crippen LogP) is 1.43. The third kappa shape index (κ3) is 1.74. The van der Waals surface area contributed by atoms with Crippen LogP contribution in [-0.2, 0) is 4.79 Å². The van der Waals surface area contributed by atoms with Crippen LogP contribution in [0.1, 0.15) is 17.9 Å². The maximum atomic E-state index is 11.2. The Labute approximate surface area is 87.2 Å². The summed E-state index contributed by atoms with van der Waals surface area (Å²) in [7, 11) is 0. The van der Waals surface area contributed by atoms with Crippen molar-refractivity contribution in [1.82, 2.24) is 5.43 Å². The molecule has 0 heterocycles. The van der Waals surface area contributed by atoms with Gasteiger partial charge in [-0.3, -0.25) is 10.2 Å². The third-order valence-electron chi connectivity index (χ3n) is 2.55. The third-order valence-corrected chi connectivity index (χ3v) is 2.78. The Morgan fingerprint density at radius 1 is 1.57 bits per heavy atom. The molecule has 2 rings (SSSR count). The Hall–Kier alpha value is -1.06. The van der Waals surface area contributed by atoms with E-state index >= 15 is 0 Å². The van der Waals surface area contributed by atoms with Crippen LogP contribution in [-0.4, -0.2) is 5.91 Å². The van der Waals surface area contributed by atoms with Crippen molar-refractivity contribution in [3.05, 3.63) is 34.9 Å². The molecule has 1 aliphatic carbocycles. The normalized spacial score (nSPS) is 24.4. The van der Waals surface area contributed by atoms with E-state index in [2.05, 4.69) is 5.43 Å². The van der Waals surface area contributed by atoms with E-state index in [0.717, 1.165) is 12.0 Å². The van der Waals surface area contributed by atoms with E-state index in [1.807, 2.05) is 24.3 Å². The fourth-order valence-corrected chi connectivity index (χ4v) is 1.90. The molecule has 1 aliphatic rings. The summed E-state index contributed by atoms with van der Waals surface area (Å²) >= 11 is 5.85. The van der Waals surface area contributed by atoms with Crippen molar-refractivity contribution in [3.8, 4) is 0 Å². The van der Waals surface area contributed by atoms with Crippen LogP contribution >= 0.6 is 11.6 Å². The minimum absolute atomic E-state index is 0.0264. The predicted molar refractivity (Wildman–Crippen MR) is 54.6 cm³/mol. The van der Waals surface area contributed by atoms with Gasteiger partial charge in [0, 0.05) is 10.9 Å². The number of nitrogens with two attached hydrogens (primary N) is 1. The lowest BCUT2D eigenvalue weighted by molar-refractivity contribution is -0.122. The molecule has 0 radical (unpaired) electrons. The van der Waals surface area contributed by atoms with Crippen LogP contribution in [0, 0.1) is 5.92 Å². The second-order valence-electron chi connectivity index (χ2n) is 3.51. The number of benzene rings is 1. The molecule has 0 aliphatic heterocycles. The first-order valence-electron chi connectivity index (χ1n) is 4.48. The number of nitrogens with one attached hydrogen (secondary N) is 1. The van der Waals surface area contributed by atoms with Crippen LogP contribution in [0.4, 0.5) is 0 Å². The molecule has 1 fully saturated rings. The number of hydrogen-bond acceptors (Lipinski definition) is 2. The Bertz CT molecular complexity index is 367. The van der Waals surface area contributed by atoms with Gasteiger partial charge in [0.15, 0.2) is 0 Å². The number of rotatable bonds is 2. The fourth-order valence-electron chi connectivity index (χ4n) is 1.70. The largest absolute Gasteiger partial charge is 0.294 e. The lowest BCUT2D eigenvalue weighted by atomic mass is 10.1. The van der Waals surface area contributed by atoms with Crippen molar-refractivity contribution in [2.24, 2.45) is 11.8 Å². The molecule has 1 saturated carbocycles. The summed E-state index contributed by atoms with van der Waals surface area (Å²) in [6.07, 6.45) is 0.864. The van der Waals surface area contributed by atoms with Crippen molar-refractivity contribution in [2.45, 2.75) is 12.3 Å². The molecule has 0 saturated heterocycles. The lowest BCUT2D eigenvalue weighted by Gasteiger charge is -2.00. The Morgan fingerprint density at radius 2 is 2.36 bits per heavy atom. The van der Waals surface area contributed by atoms with Crippen molar-refractivity contribution in [2.75, 3.05) is 0 Å². The van der Waals surface area contributed by atoms with Gasteiger partial charge in [0.25, 0.3) is 0 Å². The highest BCUT2D eigenvalue weighted by molar-refractivity contribution is 6.30. The van der Waals surface area contributed by atoms with E-state index in [9.17, 15) is 4.79 Å². The number of hydrazine groups is 1. The van der Waals surface area contributed by atoms with Gasteiger partial charge in [-0.15, -0.1) is 0 Å². The molecule has 0 bridgehead atoms. The van der Waals surface area contributed by atoms with Crippen molar-refractivity contribution >= 4 is 17.5 Å². The minimum atomic E-state index is -0.0880. The van der Waals surface area contributed by atoms with Gasteiger partial charge >= 0.3 is 0 Å². The molecule has 1 aromatic rings. The fraction of sp³-hybridized carbons (Fsp3) is 0.300. The topological polar surface area (TPSA) is 55.1 Å². The summed E-state index contributed by atoms with van der Waals surface area (Å²) in [4.78, 5) is 11.2. The monoisotopic (exact) mass is 210 g/mol. The quantitative estimate of drug-likeness (QED) is 0.441. The minimum Gasteiger partial charge on any atom is -0.294 e. The Balaban J connectivity index is 2.09. The Kier molecular flexibility index (Phi) is 2.44. The number of amides is 1. The SMILES string of the molecule is NNC(=O)C1CC1c1cccc(Cl)c1. The van der Waals surface area contributed by atoms with Crippen LogP contribution in [0.25, 0.3) is 0 Å². The zero-order chi connectivity index (χ0) is 10.1. The van der Waals surface area contributed by atoms with Gasteiger partial charge in [-0.05, 0) is 30.0 Å². The average molecular weight is 211 g/mol. The van der Waals surface area contributed by atoms with Crippen LogP contribution in [0.3, 0.4) is 0 Å². The maximum Gasteiger partial charge on any atom is 0.237 e. The lowest BCUT2D eigenvalue weighted by Crippen LogP contribution is -2.31. The van der Waals surface area contributed by atoms with Crippen molar-refractivity contribution in [1.29, 1.82) is 0 Å². The molecule has 3 N–H and O–H groups in total. The first kappa shape index (κ1) is 9.49. The van der Waals surface area contributed by atoms with Gasteiger partial charge in [-0.2, -0.15) is 0 Å². The molecule has 3 nitrogen and oxygen atoms in total.